The second-order valence-electron chi connectivity index (χ2n) is 3.56. The molecule has 84 valence electrons. The second-order valence-corrected chi connectivity index (χ2v) is 3.56. The van der Waals surface area contributed by atoms with Crippen molar-refractivity contribution in [3.63, 3.8) is 0 Å². The Morgan fingerprint density at radius 1 is 0.688 bits per heavy atom. The quantitative estimate of drug-likeness (QED) is 0.646. The molecule has 0 bridgehead atoms. The van der Waals surface area contributed by atoms with Crippen LogP contribution in [0, 0.1) is 0 Å². The summed E-state index contributed by atoms with van der Waals surface area (Å²) >= 11 is 0. The lowest BCUT2D eigenvalue weighted by molar-refractivity contribution is -0.794. The second kappa shape index (κ2) is 5.55. The van der Waals surface area contributed by atoms with Gasteiger partial charge in [0.25, 0.3) is 11.4 Å². The van der Waals surface area contributed by atoms with Crippen LogP contribution in [0.25, 0.3) is 11.4 Å². The molecule has 0 saturated heterocycles. The summed E-state index contributed by atoms with van der Waals surface area (Å²) < 4.78 is 4.60. The van der Waals surface area contributed by atoms with Crippen molar-refractivity contribution >= 4 is 34.0 Å². The maximum absolute atomic E-state index is 2.30. The van der Waals surface area contributed by atoms with E-state index in [0.717, 1.165) is 13.1 Å². The number of aromatic nitrogens is 2. The molecule has 0 aliphatic carbocycles. The van der Waals surface area contributed by atoms with Gasteiger partial charge in [0.1, 0.15) is 0 Å². The number of pyridine rings is 2. The van der Waals surface area contributed by atoms with E-state index in [9.17, 15) is 0 Å². The lowest BCUT2D eigenvalue weighted by Gasteiger charge is -2.08. The van der Waals surface area contributed by atoms with Crippen molar-refractivity contribution in [3.8, 4) is 11.4 Å². The SMILES string of the molecule is Br.Br.c1cc[n+]2c(c1)-c1cccc[n+]1CC2. The molecule has 3 rings (SSSR count). The minimum absolute atomic E-state index is 0. The number of hydrogen-bond acceptors (Lipinski definition) is 0. The van der Waals surface area contributed by atoms with E-state index in [2.05, 4.69) is 57.9 Å². The molecular formula is C12H14Br2N2+2. The summed E-state index contributed by atoms with van der Waals surface area (Å²) in [6, 6.07) is 12.7. The van der Waals surface area contributed by atoms with E-state index in [-0.39, 0.29) is 34.0 Å². The summed E-state index contributed by atoms with van der Waals surface area (Å²) in [5.41, 5.74) is 2.61. The molecule has 0 fully saturated rings. The van der Waals surface area contributed by atoms with E-state index in [1.807, 2.05) is 0 Å². The maximum atomic E-state index is 2.30. The van der Waals surface area contributed by atoms with Crippen molar-refractivity contribution in [2.75, 3.05) is 0 Å². The van der Waals surface area contributed by atoms with Crippen LogP contribution in [0.5, 0.6) is 0 Å². The summed E-state index contributed by atoms with van der Waals surface area (Å²) in [5, 5.41) is 0. The van der Waals surface area contributed by atoms with Crippen molar-refractivity contribution in [1.29, 1.82) is 0 Å². The van der Waals surface area contributed by atoms with E-state index in [4.69, 9.17) is 0 Å². The topological polar surface area (TPSA) is 7.76 Å². The third kappa shape index (κ3) is 2.18. The van der Waals surface area contributed by atoms with Gasteiger partial charge in [0.05, 0.1) is 0 Å². The number of halogens is 2. The van der Waals surface area contributed by atoms with Crippen LogP contribution in [0.1, 0.15) is 0 Å². The molecule has 0 aromatic carbocycles. The van der Waals surface area contributed by atoms with Crippen LogP contribution in [0.4, 0.5) is 0 Å². The molecule has 0 amide bonds. The van der Waals surface area contributed by atoms with Crippen LogP contribution in [-0.4, -0.2) is 0 Å². The monoisotopic (exact) mass is 344 g/mol. The van der Waals surface area contributed by atoms with E-state index < -0.39 is 0 Å². The highest BCUT2D eigenvalue weighted by molar-refractivity contribution is 8.93. The Labute approximate surface area is 116 Å². The highest BCUT2D eigenvalue weighted by Gasteiger charge is 2.27. The Morgan fingerprint density at radius 2 is 1.12 bits per heavy atom. The molecule has 0 atom stereocenters. The standard InChI is InChI=1S/C12H12N2.2BrH/c1-3-7-13-9-10-14-8-4-2-6-12(14)11(13)5-1;;/h1-8H,9-10H2;2*1H/q+2;;. The number of hydrogen-bond donors (Lipinski definition) is 0. The summed E-state index contributed by atoms with van der Waals surface area (Å²) in [7, 11) is 0. The largest absolute Gasteiger partial charge is 0.277 e. The molecule has 3 heterocycles. The number of fused-ring (bicyclic) bond motifs is 3. The molecule has 16 heavy (non-hydrogen) atoms. The Hall–Kier alpha value is -0.740. The molecule has 0 N–H and O–H groups in total. The van der Waals surface area contributed by atoms with Gasteiger partial charge in [-0.3, -0.25) is 0 Å². The Morgan fingerprint density at radius 3 is 1.56 bits per heavy atom. The number of rotatable bonds is 0. The molecule has 0 radical (unpaired) electrons. The zero-order valence-electron chi connectivity index (χ0n) is 8.74. The maximum Gasteiger partial charge on any atom is 0.277 e. The van der Waals surface area contributed by atoms with Crippen molar-refractivity contribution in [1.82, 2.24) is 0 Å². The first-order valence-corrected chi connectivity index (χ1v) is 4.92. The Bertz CT molecular complexity index is 440. The van der Waals surface area contributed by atoms with Crippen molar-refractivity contribution in [2.45, 2.75) is 13.1 Å². The van der Waals surface area contributed by atoms with Gasteiger partial charge in [-0.25, -0.2) is 0 Å². The molecule has 4 heteroatoms. The van der Waals surface area contributed by atoms with Gasteiger partial charge in [-0.15, -0.1) is 34.0 Å². The van der Waals surface area contributed by atoms with Gasteiger partial charge in [0.15, 0.2) is 12.4 Å². The predicted molar refractivity (Wildman–Crippen MR) is 72.9 cm³/mol. The normalized spacial score (nSPS) is 11.5. The summed E-state index contributed by atoms with van der Waals surface area (Å²) in [6.45, 7) is 2.13. The van der Waals surface area contributed by atoms with Crippen molar-refractivity contribution in [2.24, 2.45) is 0 Å². The van der Waals surface area contributed by atoms with Crippen LogP contribution in [0.15, 0.2) is 48.8 Å². The minimum Gasteiger partial charge on any atom is -0.187 e. The minimum atomic E-state index is 0. The zero-order chi connectivity index (χ0) is 9.38. The summed E-state index contributed by atoms with van der Waals surface area (Å²) in [4.78, 5) is 0. The molecule has 1 aliphatic rings. The first-order chi connectivity index (χ1) is 6.95. The van der Waals surface area contributed by atoms with Gasteiger partial charge >= 0.3 is 0 Å². The van der Waals surface area contributed by atoms with Gasteiger partial charge in [-0.2, -0.15) is 9.13 Å². The lowest BCUT2D eigenvalue weighted by Crippen LogP contribution is -2.52. The fraction of sp³-hybridized carbons (Fsp3) is 0.167. The third-order valence-corrected chi connectivity index (χ3v) is 2.73. The fourth-order valence-corrected chi connectivity index (χ4v) is 2.02. The van der Waals surface area contributed by atoms with Gasteiger partial charge in [0.2, 0.25) is 13.1 Å². The first kappa shape index (κ1) is 13.3. The van der Waals surface area contributed by atoms with Crippen molar-refractivity contribution < 1.29 is 9.13 Å². The lowest BCUT2D eigenvalue weighted by atomic mass is 10.2. The molecular weight excluding hydrogens is 332 g/mol. The fourth-order valence-electron chi connectivity index (χ4n) is 2.02. The van der Waals surface area contributed by atoms with Crippen LogP contribution in [0.2, 0.25) is 0 Å². The van der Waals surface area contributed by atoms with E-state index in [1.54, 1.807) is 0 Å². The third-order valence-electron chi connectivity index (χ3n) is 2.73. The average Bonchev–Trinajstić information content (AvgIpc) is 2.29. The first-order valence-electron chi connectivity index (χ1n) is 4.92. The smallest absolute Gasteiger partial charge is 0.187 e. The number of nitrogens with zero attached hydrogens (tertiary/aromatic N) is 2. The van der Waals surface area contributed by atoms with E-state index in [1.165, 1.54) is 11.4 Å². The molecule has 2 nitrogen and oxygen atoms in total. The molecule has 2 aromatic heterocycles. The van der Waals surface area contributed by atoms with Crippen LogP contribution in [-0.2, 0) is 13.1 Å². The van der Waals surface area contributed by atoms with Crippen molar-refractivity contribution in [3.05, 3.63) is 48.8 Å². The molecule has 0 saturated carbocycles. The van der Waals surface area contributed by atoms with Crippen LogP contribution >= 0.6 is 34.0 Å². The van der Waals surface area contributed by atoms with Gasteiger partial charge in [-0.05, 0) is 12.1 Å². The molecule has 1 aliphatic heterocycles. The van der Waals surface area contributed by atoms with E-state index in [0.29, 0.717) is 0 Å². The molecule has 0 unspecified atom stereocenters. The van der Waals surface area contributed by atoms with Gasteiger partial charge in [-0.1, -0.05) is 0 Å². The Balaban J connectivity index is 0.000000640. The highest BCUT2D eigenvalue weighted by atomic mass is 79.9. The average molecular weight is 346 g/mol. The van der Waals surface area contributed by atoms with E-state index >= 15 is 0 Å². The molecule has 0 spiro atoms. The van der Waals surface area contributed by atoms with Crippen LogP contribution < -0.4 is 9.13 Å². The van der Waals surface area contributed by atoms with Crippen LogP contribution in [0.3, 0.4) is 0 Å². The molecule has 2 aromatic rings. The summed E-state index contributed by atoms with van der Waals surface area (Å²) in [5.74, 6) is 0. The predicted octanol–water partition coefficient (Wildman–Crippen LogP) is 2.10. The van der Waals surface area contributed by atoms with Gasteiger partial charge < -0.3 is 0 Å². The van der Waals surface area contributed by atoms with Gasteiger partial charge in [0, 0.05) is 24.3 Å². The summed E-state index contributed by atoms with van der Waals surface area (Å²) in [6.07, 6.45) is 4.29. The highest BCUT2D eigenvalue weighted by Crippen LogP contribution is 2.11. The zero-order valence-corrected chi connectivity index (χ0v) is 12.2. The number of aryl methyl sites for hydroxylation is 2. The Kier molecular flexibility index (Phi) is 4.62.